The molecule has 1 amide bonds. The molecule has 2 saturated carbocycles. The monoisotopic (exact) mass is 283 g/mol. The largest absolute Gasteiger partial charge is 0.352 e. The number of pyridine rings is 1. The third-order valence-corrected chi connectivity index (χ3v) is 4.53. The highest BCUT2D eigenvalue weighted by atomic mass is 16.2. The van der Waals surface area contributed by atoms with Gasteiger partial charge in [-0.25, -0.2) is 9.98 Å². The number of fused-ring (bicyclic) bond motifs is 1. The number of nitrogens with zero attached hydrogens (tertiary/aromatic N) is 2. The summed E-state index contributed by atoms with van der Waals surface area (Å²) in [5, 5.41) is 3.10. The van der Waals surface area contributed by atoms with Crippen LogP contribution in [0.3, 0.4) is 0 Å². The zero-order valence-electron chi connectivity index (χ0n) is 11.7. The second kappa shape index (κ2) is 4.76. The van der Waals surface area contributed by atoms with Crippen LogP contribution in [0, 0.1) is 17.8 Å². The van der Waals surface area contributed by atoms with Crippen LogP contribution in [-0.4, -0.2) is 28.9 Å². The van der Waals surface area contributed by atoms with Crippen LogP contribution >= 0.6 is 0 Å². The third kappa shape index (κ3) is 2.37. The lowest BCUT2D eigenvalue weighted by molar-refractivity contribution is -0.122. The van der Waals surface area contributed by atoms with Crippen molar-refractivity contribution >= 4 is 23.7 Å². The van der Waals surface area contributed by atoms with E-state index in [2.05, 4.69) is 15.3 Å². The molecule has 1 N–H and O–H groups in total. The standard InChI is InChI=1S/C16H17N3O2/c20-14-11-2-1-7-17-15(11)18-8-12(14)16(21)19-13(9-3-4-9)10-5-6-10/h1-2,7-10,12-13H,3-6H2,(H,19,21). The molecule has 1 aromatic heterocycles. The summed E-state index contributed by atoms with van der Waals surface area (Å²) >= 11 is 0. The molecule has 0 radical (unpaired) electrons. The van der Waals surface area contributed by atoms with Gasteiger partial charge < -0.3 is 5.32 Å². The van der Waals surface area contributed by atoms with Crippen molar-refractivity contribution < 1.29 is 9.59 Å². The number of Topliss-reactive ketones (excluding diaryl/α,β-unsaturated/α-hetero) is 1. The number of rotatable bonds is 4. The van der Waals surface area contributed by atoms with Crippen LogP contribution in [0.5, 0.6) is 0 Å². The van der Waals surface area contributed by atoms with Gasteiger partial charge in [0, 0.05) is 18.5 Å². The highest BCUT2D eigenvalue weighted by Gasteiger charge is 2.43. The zero-order chi connectivity index (χ0) is 14.4. The van der Waals surface area contributed by atoms with Gasteiger partial charge in [0.2, 0.25) is 5.91 Å². The molecule has 1 aliphatic heterocycles. The lowest BCUT2D eigenvalue weighted by Crippen LogP contribution is -2.44. The number of nitrogens with one attached hydrogen (secondary N) is 1. The highest BCUT2D eigenvalue weighted by molar-refractivity contribution is 6.23. The fourth-order valence-corrected chi connectivity index (χ4v) is 3.04. The Morgan fingerprint density at radius 1 is 1.24 bits per heavy atom. The van der Waals surface area contributed by atoms with Crippen molar-refractivity contribution in [3.05, 3.63) is 23.9 Å². The average Bonchev–Trinajstić information content (AvgIpc) is 3.39. The Bertz CT molecular complexity index is 620. The van der Waals surface area contributed by atoms with E-state index in [0.717, 1.165) is 0 Å². The Labute approximate surface area is 122 Å². The second-order valence-electron chi connectivity index (χ2n) is 6.20. The van der Waals surface area contributed by atoms with Gasteiger partial charge in [0.15, 0.2) is 11.6 Å². The van der Waals surface area contributed by atoms with Gasteiger partial charge in [-0.15, -0.1) is 0 Å². The Morgan fingerprint density at radius 2 is 1.95 bits per heavy atom. The number of aliphatic imine (C=N–C) groups is 1. The van der Waals surface area contributed by atoms with Crippen LogP contribution in [-0.2, 0) is 4.79 Å². The molecule has 5 nitrogen and oxygen atoms in total. The van der Waals surface area contributed by atoms with Gasteiger partial charge in [-0.05, 0) is 49.7 Å². The smallest absolute Gasteiger partial charge is 0.236 e. The first-order chi connectivity index (χ1) is 10.2. The average molecular weight is 283 g/mol. The number of carbonyl (C=O) groups excluding carboxylic acids is 2. The predicted octanol–water partition coefficient (Wildman–Crippen LogP) is 1.90. The van der Waals surface area contributed by atoms with Crippen molar-refractivity contribution in [3.63, 3.8) is 0 Å². The maximum Gasteiger partial charge on any atom is 0.236 e. The molecule has 1 aromatic rings. The molecule has 0 saturated heterocycles. The summed E-state index contributed by atoms with van der Waals surface area (Å²) in [5.41, 5.74) is 0.439. The quantitative estimate of drug-likeness (QED) is 0.858. The van der Waals surface area contributed by atoms with Gasteiger partial charge in [-0.3, -0.25) is 9.59 Å². The maximum atomic E-state index is 12.4. The van der Waals surface area contributed by atoms with Crippen LogP contribution < -0.4 is 5.32 Å². The summed E-state index contributed by atoms with van der Waals surface area (Å²) in [4.78, 5) is 33.1. The number of aromatic nitrogens is 1. The number of amides is 1. The molecular formula is C16H17N3O2. The van der Waals surface area contributed by atoms with Crippen molar-refractivity contribution in [3.8, 4) is 0 Å². The molecule has 3 aliphatic rings. The van der Waals surface area contributed by atoms with Gasteiger partial charge in [-0.2, -0.15) is 0 Å². The molecule has 2 fully saturated rings. The van der Waals surface area contributed by atoms with Crippen molar-refractivity contribution in [1.82, 2.24) is 10.3 Å². The van der Waals surface area contributed by atoms with Gasteiger partial charge in [0.05, 0.1) is 5.56 Å². The first-order valence-electron chi connectivity index (χ1n) is 7.58. The number of carbonyl (C=O) groups is 2. The molecule has 21 heavy (non-hydrogen) atoms. The Kier molecular flexibility index (Phi) is 2.87. The van der Waals surface area contributed by atoms with E-state index in [1.807, 2.05) is 0 Å². The molecule has 2 aliphatic carbocycles. The molecule has 0 bridgehead atoms. The molecule has 108 valence electrons. The molecule has 5 heteroatoms. The van der Waals surface area contributed by atoms with E-state index < -0.39 is 5.92 Å². The normalized spacial score (nSPS) is 24.0. The number of hydrogen-bond acceptors (Lipinski definition) is 4. The summed E-state index contributed by atoms with van der Waals surface area (Å²) in [7, 11) is 0. The van der Waals surface area contributed by atoms with Gasteiger partial charge in [0.1, 0.15) is 5.92 Å². The predicted molar refractivity (Wildman–Crippen MR) is 77.6 cm³/mol. The van der Waals surface area contributed by atoms with Crippen LogP contribution in [0.1, 0.15) is 36.0 Å². The highest BCUT2D eigenvalue weighted by Crippen LogP contribution is 2.44. The molecule has 4 rings (SSSR count). The topological polar surface area (TPSA) is 71.4 Å². The Balaban J connectivity index is 1.51. The fraction of sp³-hybridized carbons (Fsp3) is 0.500. The SMILES string of the molecule is O=C(NC(C1CC1)C1CC1)C1C=Nc2ncccc2C1=O. The van der Waals surface area contributed by atoms with Crippen LogP contribution in [0.4, 0.5) is 5.82 Å². The molecule has 1 unspecified atom stereocenters. The van der Waals surface area contributed by atoms with E-state index in [1.165, 1.54) is 31.9 Å². The summed E-state index contributed by atoms with van der Waals surface area (Å²) in [6.07, 6.45) is 7.81. The summed E-state index contributed by atoms with van der Waals surface area (Å²) < 4.78 is 0. The minimum atomic E-state index is -0.804. The van der Waals surface area contributed by atoms with Crippen LogP contribution in [0.25, 0.3) is 0 Å². The zero-order valence-corrected chi connectivity index (χ0v) is 11.7. The van der Waals surface area contributed by atoms with E-state index in [0.29, 0.717) is 23.2 Å². The third-order valence-electron chi connectivity index (χ3n) is 4.53. The lowest BCUT2D eigenvalue weighted by Gasteiger charge is -2.21. The first kappa shape index (κ1) is 12.7. The number of hydrogen-bond donors (Lipinski definition) is 1. The van der Waals surface area contributed by atoms with Crippen LogP contribution in [0.15, 0.2) is 23.3 Å². The summed E-state index contributed by atoms with van der Waals surface area (Å²) in [5.74, 6) is 0.434. The molecule has 1 atom stereocenters. The van der Waals surface area contributed by atoms with E-state index >= 15 is 0 Å². The molecule has 0 spiro atoms. The Morgan fingerprint density at radius 3 is 2.62 bits per heavy atom. The summed E-state index contributed by atoms with van der Waals surface area (Å²) in [6.45, 7) is 0. The number of ketones is 1. The van der Waals surface area contributed by atoms with E-state index in [4.69, 9.17) is 0 Å². The minimum absolute atomic E-state index is 0.198. The van der Waals surface area contributed by atoms with E-state index in [-0.39, 0.29) is 17.7 Å². The van der Waals surface area contributed by atoms with Crippen molar-refractivity contribution in [2.75, 3.05) is 0 Å². The first-order valence-corrected chi connectivity index (χ1v) is 7.58. The van der Waals surface area contributed by atoms with Crippen molar-refractivity contribution in [2.45, 2.75) is 31.7 Å². The molecule has 2 heterocycles. The fourth-order valence-electron chi connectivity index (χ4n) is 3.04. The van der Waals surface area contributed by atoms with E-state index in [9.17, 15) is 9.59 Å². The molecular weight excluding hydrogens is 266 g/mol. The second-order valence-corrected chi connectivity index (χ2v) is 6.20. The van der Waals surface area contributed by atoms with E-state index in [1.54, 1.807) is 18.3 Å². The van der Waals surface area contributed by atoms with Crippen molar-refractivity contribution in [2.24, 2.45) is 22.7 Å². The Hall–Kier alpha value is -2.04. The summed E-state index contributed by atoms with van der Waals surface area (Å²) in [6, 6.07) is 3.64. The van der Waals surface area contributed by atoms with Crippen LogP contribution in [0.2, 0.25) is 0 Å². The van der Waals surface area contributed by atoms with Crippen molar-refractivity contribution in [1.29, 1.82) is 0 Å². The van der Waals surface area contributed by atoms with Gasteiger partial charge >= 0.3 is 0 Å². The van der Waals surface area contributed by atoms with Gasteiger partial charge in [-0.1, -0.05) is 0 Å². The maximum absolute atomic E-state index is 12.4. The molecule has 0 aromatic carbocycles. The minimum Gasteiger partial charge on any atom is -0.352 e. The lowest BCUT2D eigenvalue weighted by atomic mass is 9.95. The van der Waals surface area contributed by atoms with Gasteiger partial charge in [0.25, 0.3) is 0 Å².